The van der Waals surface area contributed by atoms with Gasteiger partial charge in [0.15, 0.2) is 6.10 Å². The molecule has 0 bridgehead atoms. The molecular formula is C17H17NO3. The van der Waals surface area contributed by atoms with Crippen LogP contribution >= 0.6 is 0 Å². The number of para-hydroxylation sites is 1. The van der Waals surface area contributed by atoms with Crippen LogP contribution in [0.5, 0.6) is 5.75 Å². The Kier molecular flexibility index (Phi) is 4.17. The van der Waals surface area contributed by atoms with Crippen molar-refractivity contribution in [1.29, 1.82) is 0 Å². The van der Waals surface area contributed by atoms with Crippen molar-refractivity contribution in [3.8, 4) is 5.75 Å². The van der Waals surface area contributed by atoms with Crippen molar-refractivity contribution in [2.75, 3.05) is 13.2 Å². The molecule has 1 aliphatic heterocycles. The normalized spacial score (nSPS) is 19.6. The van der Waals surface area contributed by atoms with E-state index in [4.69, 9.17) is 9.47 Å². The summed E-state index contributed by atoms with van der Waals surface area (Å²) in [5, 5.41) is 2.82. The van der Waals surface area contributed by atoms with Crippen molar-refractivity contribution in [2.45, 2.75) is 12.2 Å². The van der Waals surface area contributed by atoms with Crippen molar-refractivity contribution in [2.24, 2.45) is 0 Å². The molecule has 0 aliphatic carbocycles. The van der Waals surface area contributed by atoms with E-state index in [0.29, 0.717) is 6.54 Å². The van der Waals surface area contributed by atoms with Crippen molar-refractivity contribution < 1.29 is 14.3 Å². The van der Waals surface area contributed by atoms with Gasteiger partial charge in [-0.15, -0.1) is 0 Å². The Labute approximate surface area is 123 Å². The molecule has 1 heterocycles. The summed E-state index contributed by atoms with van der Waals surface area (Å²) in [4.78, 5) is 11.2. The van der Waals surface area contributed by atoms with E-state index in [1.807, 2.05) is 60.7 Å². The minimum atomic E-state index is -0.255. The number of rotatable bonds is 4. The second-order valence-corrected chi connectivity index (χ2v) is 4.92. The first-order chi connectivity index (χ1) is 10.3. The molecular weight excluding hydrogens is 266 g/mol. The monoisotopic (exact) mass is 283 g/mol. The molecule has 0 saturated carbocycles. The van der Waals surface area contributed by atoms with E-state index in [-0.39, 0.29) is 24.7 Å². The fraction of sp³-hybridized carbons (Fsp3) is 0.235. The van der Waals surface area contributed by atoms with Gasteiger partial charge in [0.25, 0.3) is 0 Å². The Morgan fingerprint density at radius 2 is 1.71 bits per heavy atom. The molecule has 1 amide bonds. The van der Waals surface area contributed by atoms with Gasteiger partial charge in [0.05, 0.1) is 0 Å². The van der Waals surface area contributed by atoms with Gasteiger partial charge in [0.1, 0.15) is 18.5 Å². The highest BCUT2D eigenvalue weighted by Crippen LogP contribution is 2.27. The molecule has 0 unspecified atom stereocenters. The molecule has 2 aromatic rings. The van der Waals surface area contributed by atoms with Crippen molar-refractivity contribution >= 4 is 5.91 Å². The van der Waals surface area contributed by atoms with Crippen LogP contribution in [0.2, 0.25) is 0 Å². The van der Waals surface area contributed by atoms with Gasteiger partial charge in [-0.25, -0.2) is 0 Å². The number of benzene rings is 2. The fourth-order valence-corrected chi connectivity index (χ4v) is 2.35. The average molecular weight is 283 g/mol. The number of ether oxygens (including phenoxy) is 2. The van der Waals surface area contributed by atoms with Crippen molar-refractivity contribution in [3.63, 3.8) is 0 Å². The van der Waals surface area contributed by atoms with Crippen LogP contribution in [0.1, 0.15) is 11.7 Å². The second kappa shape index (κ2) is 6.41. The maximum atomic E-state index is 11.2. The molecule has 0 radical (unpaired) electrons. The quantitative estimate of drug-likeness (QED) is 0.936. The molecule has 2 aromatic carbocycles. The van der Waals surface area contributed by atoms with E-state index in [1.165, 1.54) is 0 Å². The van der Waals surface area contributed by atoms with Crippen LogP contribution in [-0.4, -0.2) is 25.2 Å². The first kappa shape index (κ1) is 13.6. The van der Waals surface area contributed by atoms with Crippen LogP contribution in [0, 0.1) is 0 Å². The highest BCUT2D eigenvalue weighted by Gasteiger charge is 2.30. The maximum Gasteiger partial charge on any atom is 0.246 e. The summed E-state index contributed by atoms with van der Waals surface area (Å²) in [5.41, 5.74) is 1.03. The number of hydrogen-bond acceptors (Lipinski definition) is 3. The van der Waals surface area contributed by atoms with Crippen LogP contribution < -0.4 is 10.1 Å². The Balaban J connectivity index is 1.83. The van der Waals surface area contributed by atoms with Gasteiger partial charge in [-0.1, -0.05) is 48.5 Å². The molecule has 1 fully saturated rings. The lowest BCUT2D eigenvalue weighted by atomic mass is 10.0. The van der Waals surface area contributed by atoms with E-state index in [2.05, 4.69) is 5.32 Å². The number of carbonyl (C=O) groups excluding carboxylic acids is 1. The van der Waals surface area contributed by atoms with E-state index < -0.39 is 0 Å². The summed E-state index contributed by atoms with van der Waals surface area (Å²) >= 11 is 0. The molecule has 2 atom stereocenters. The fourth-order valence-electron chi connectivity index (χ4n) is 2.35. The largest absolute Gasteiger partial charge is 0.483 e. The first-order valence-corrected chi connectivity index (χ1v) is 6.98. The Morgan fingerprint density at radius 3 is 2.33 bits per heavy atom. The first-order valence-electron chi connectivity index (χ1n) is 6.98. The zero-order chi connectivity index (χ0) is 14.5. The van der Waals surface area contributed by atoms with Gasteiger partial charge in [-0.3, -0.25) is 4.79 Å². The molecule has 1 aliphatic rings. The third-order valence-corrected chi connectivity index (χ3v) is 3.40. The second-order valence-electron chi connectivity index (χ2n) is 4.92. The molecule has 21 heavy (non-hydrogen) atoms. The van der Waals surface area contributed by atoms with Gasteiger partial charge < -0.3 is 14.8 Å². The third kappa shape index (κ3) is 3.41. The summed E-state index contributed by atoms with van der Waals surface area (Å²) < 4.78 is 11.7. The Bertz CT molecular complexity index is 575. The Hall–Kier alpha value is -2.33. The molecule has 4 nitrogen and oxygen atoms in total. The van der Waals surface area contributed by atoms with Crippen LogP contribution in [0.25, 0.3) is 0 Å². The molecule has 108 valence electrons. The molecule has 3 rings (SSSR count). The minimum Gasteiger partial charge on any atom is -0.483 e. The minimum absolute atomic E-state index is 0.0755. The van der Waals surface area contributed by atoms with Gasteiger partial charge in [-0.2, -0.15) is 0 Å². The highest BCUT2D eigenvalue weighted by atomic mass is 16.5. The molecule has 0 aromatic heterocycles. The number of hydrogen-bond donors (Lipinski definition) is 1. The van der Waals surface area contributed by atoms with Gasteiger partial charge >= 0.3 is 0 Å². The zero-order valence-electron chi connectivity index (χ0n) is 11.6. The summed E-state index contributed by atoms with van der Waals surface area (Å²) in [6.45, 7) is 0.525. The Morgan fingerprint density at radius 1 is 1.05 bits per heavy atom. The van der Waals surface area contributed by atoms with E-state index in [9.17, 15) is 4.79 Å². The predicted molar refractivity (Wildman–Crippen MR) is 79.0 cm³/mol. The summed E-state index contributed by atoms with van der Waals surface area (Å²) in [5.74, 6) is 0.699. The molecule has 0 spiro atoms. The lowest BCUT2D eigenvalue weighted by Gasteiger charge is -2.31. The summed E-state index contributed by atoms with van der Waals surface area (Å²) in [7, 11) is 0. The lowest BCUT2D eigenvalue weighted by molar-refractivity contribution is -0.137. The van der Waals surface area contributed by atoms with Crippen LogP contribution in [0.4, 0.5) is 0 Å². The average Bonchev–Trinajstić information content (AvgIpc) is 2.55. The van der Waals surface area contributed by atoms with Crippen molar-refractivity contribution in [1.82, 2.24) is 5.32 Å². The summed E-state index contributed by atoms with van der Waals surface area (Å²) in [6, 6.07) is 19.6. The number of carbonyl (C=O) groups is 1. The zero-order valence-corrected chi connectivity index (χ0v) is 11.6. The number of nitrogens with one attached hydrogen (secondary N) is 1. The van der Waals surface area contributed by atoms with Gasteiger partial charge in [0, 0.05) is 6.54 Å². The lowest BCUT2D eigenvalue weighted by Crippen LogP contribution is -2.46. The van der Waals surface area contributed by atoms with Crippen LogP contribution in [0.3, 0.4) is 0 Å². The van der Waals surface area contributed by atoms with Gasteiger partial charge in [0.2, 0.25) is 5.91 Å². The third-order valence-electron chi connectivity index (χ3n) is 3.40. The number of morpholine rings is 1. The molecule has 1 saturated heterocycles. The topological polar surface area (TPSA) is 47.6 Å². The van der Waals surface area contributed by atoms with E-state index in [0.717, 1.165) is 11.3 Å². The van der Waals surface area contributed by atoms with Crippen LogP contribution in [0.15, 0.2) is 60.7 Å². The highest BCUT2D eigenvalue weighted by molar-refractivity contribution is 5.77. The van der Waals surface area contributed by atoms with E-state index in [1.54, 1.807) is 0 Å². The van der Waals surface area contributed by atoms with Crippen LogP contribution in [-0.2, 0) is 9.53 Å². The number of amides is 1. The molecule has 1 N–H and O–H groups in total. The van der Waals surface area contributed by atoms with Gasteiger partial charge in [-0.05, 0) is 17.7 Å². The predicted octanol–water partition coefficient (Wildman–Crippen LogP) is 2.32. The van der Waals surface area contributed by atoms with E-state index >= 15 is 0 Å². The smallest absolute Gasteiger partial charge is 0.246 e. The maximum absolute atomic E-state index is 11.2. The van der Waals surface area contributed by atoms with Crippen molar-refractivity contribution in [3.05, 3.63) is 66.2 Å². The summed E-state index contributed by atoms with van der Waals surface area (Å²) in [6.07, 6.45) is -0.459. The molecule has 4 heteroatoms. The SMILES string of the molecule is O=C1CO[C@H]([C@@H](Oc2ccccc2)c2ccccc2)CN1. The standard InChI is InChI=1S/C17H17NO3/c19-16-12-20-15(11-18-16)17(13-7-3-1-4-8-13)21-14-9-5-2-6-10-14/h1-10,15,17H,11-12H2,(H,18,19)/t15-,17-/m0/s1.